The Bertz CT molecular complexity index is 722. The summed E-state index contributed by atoms with van der Waals surface area (Å²) in [6.07, 6.45) is 0. The number of amides is 2. The summed E-state index contributed by atoms with van der Waals surface area (Å²) in [4.78, 5) is 23.3. The van der Waals surface area contributed by atoms with Crippen molar-refractivity contribution in [2.75, 3.05) is 11.9 Å². The van der Waals surface area contributed by atoms with Crippen molar-refractivity contribution in [2.24, 2.45) is 12.8 Å². The number of ether oxygens (including phenoxy) is 1. The van der Waals surface area contributed by atoms with Gasteiger partial charge in [0.15, 0.2) is 6.61 Å². The van der Waals surface area contributed by atoms with E-state index in [9.17, 15) is 9.59 Å². The van der Waals surface area contributed by atoms with Crippen LogP contribution in [0.3, 0.4) is 0 Å². The van der Waals surface area contributed by atoms with E-state index >= 15 is 0 Å². The van der Waals surface area contributed by atoms with Gasteiger partial charge >= 0.3 is 0 Å². The predicted molar refractivity (Wildman–Crippen MR) is 81.8 cm³/mol. The van der Waals surface area contributed by atoms with E-state index in [1.54, 1.807) is 36.0 Å². The maximum atomic E-state index is 12.0. The van der Waals surface area contributed by atoms with Crippen LogP contribution in [0.2, 0.25) is 0 Å². The quantitative estimate of drug-likeness (QED) is 0.865. The van der Waals surface area contributed by atoms with Crippen LogP contribution in [-0.4, -0.2) is 28.2 Å². The van der Waals surface area contributed by atoms with Gasteiger partial charge in [-0.05, 0) is 26.0 Å². The summed E-state index contributed by atoms with van der Waals surface area (Å²) in [5, 5.41) is 6.97. The SMILES string of the molecule is Cc1nn(C)c(C)c1NC(=O)COc1ccccc1C(N)=O. The van der Waals surface area contributed by atoms with E-state index in [0.717, 1.165) is 11.4 Å². The molecule has 0 spiro atoms. The Labute approximate surface area is 128 Å². The highest BCUT2D eigenvalue weighted by atomic mass is 16.5. The summed E-state index contributed by atoms with van der Waals surface area (Å²) < 4.78 is 7.07. The van der Waals surface area contributed by atoms with Crippen LogP contribution in [0.25, 0.3) is 0 Å². The van der Waals surface area contributed by atoms with Crippen molar-refractivity contribution in [1.29, 1.82) is 0 Å². The first-order chi connectivity index (χ1) is 10.4. The van der Waals surface area contributed by atoms with Crippen molar-refractivity contribution in [1.82, 2.24) is 9.78 Å². The van der Waals surface area contributed by atoms with Gasteiger partial charge < -0.3 is 15.8 Å². The third kappa shape index (κ3) is 3.25. The van der Waals surface area contributed by atoms with Crippen molar-refractivity contribution >= 4 is 17.5 Å². The third-order valence-corrected chi connectivity index (χ3v) is 3.28. The molecule has 2 rings (SSSR count). The largest absolute Gasteiger partial charge is 0.483 e. The molecule has 0 saturated carbocycles. The number of nitrogens with two attached hydrogens (primary N) is 1. The predicted octanol–water partition coefficient (Wildman–Crippen LogP) is 1.15. The molecule has 2 amide bonds. The topological polar surface area (TPSA) is 99.2 Å². The van der Waals surface area contributed by atoms with Gasteiger partial charge in [0.25, 0.3) is 11.8 Å². The van der Waals surface area contributed by atoms with Gasteiger partial charge in [0.05, 0.1) is 22.6 Å². The number of nitrogens with one attached hydrogen (secondary N) is 1. The number of carbonyl (C=O) groups is 2. The Morgan fingerprint density at radius 1 is 1.32 bits per heavy atom. The Morgan fingerprint density at radius 3 is 2.59 bits per heavy atom. The van der Waals surface area contributed by atoms with Crippen molar-refractivity contribution in [3.05, 3.63) is 41.2 Å². The standard InChI is InChI=1S/C15H18N4O3/c1-9-14(10(2)19(3)18-9)17-13(20)8-22-12-7-5-4-6-11(12)15(16)21/h4-7H,8H2,1-3H3,(H2,16,21)(H,17,20). The lowest BCUT2D eigenvalue weighted by Gasteiger charge is -2.10. The second kappa shape index (κ2) is 6.30. The zero-order chi connectivity index (χ0) is 16.3. The minimum atomic E-state index is -0.602. The summed E-state index contributed by atoms with van der Waals surface area (Å²) >= 11 is 0. The van der Waals surface area contributed by atoms with E-state index in [1.807, 2.05) is 13.8 Å². The number of primary amides is 1. The van der Waals surface area contributed by atoms with Gasteiger partial charge in [-0.25, -0.2) is 0 Å². The molecular formula is C15H18N4O3. The molecule has 0 atom stereocenters. The molecule has 0 aliphatic heterocycles. The first-order valence-electron chi connectivity index (χ1n) is 6.72. The number of aromatic nitrogens is 2. The fourth-order valence-electron chi connectivity index (χ4n) is 2.07. The van der Waals surface area contributed by atoms with Gasteiger partial charge in [-0.2, -0.15) is 5.10 Å². The van der Waals surface area contributed by atoms with Crippen LogP contribution < -0.4 is 15.8 Å². The normalized spacial score (nSPS) is 10.3. The monoisotopic (exact) mass is 302 g/mol. The number of para-hydroxylation sites is 1. The van der Waals surface area contributed by atoms with Gasteiger partial charge in [-0.3, -0.25) is 14.3 Å². The average Bonchev–Trinajstić information content (AvgIpc) is 2.72. The van der Waals surface area contributed by atoms with E-state index in [0.29, 0.717) is 5.69 Å². The molecule has 22 heavy (non-hydrogen) atoms. The molecule has 7 nitrogen and oxygen atoms in total. The maximum Gasteiger partial charge on any atom is 0.262 e. The Kier molecular flexibility index (Phi) is 4.45. The summed E-state index contributed by atoms with van der Waals surface area (Å²) in [5.74, 6) is -0.654. The van der Waals surface area contributed by atoms with Crippen molar-refractivity contribution < 1.29 is 14.3 Å². The van der Waals surface area contributed by atoms with Crippen molar-refractivity contribution in [3.8, 4) is 5.75 Å². The van der Waals surface area contributed by atoms with Crippen LogP contribution in [0.15, 0.2) is 24.3 Å². The molecule has 1 heterocycles. The van der Waals surface area contributed by atoms with Gasteiger partial charge in [-0.1, -0.05) is 12.1 Å². The summed E-state index contributed by atoms with van der Waals surface area (Å²) in [6, 6.07) is 6.52. The first-order valence-corrected chi connectivity index (χ1v) is 6.72. The van der Waals surface area contributed by atoms with Crippen LogP contribution in [0.4, 0.5) is 5.69 Å². The second-order valence-electron chi connectivity index (χ2n) is 4.87. The summed E-state index contributed by atoms with van der Waals surface area (Å²) in [5.41, 5.74) is 7.74. The van der Waals surface area contributed by atoms with E-state index in [2.05, 4.69) is 10.4 Å². The minimum absolute atomic E-state index is 0.224. The molecule has 0 radical (unpaired) electrons. The average molecular weight is 302 g/mol. The molecular weight excluding hydrogens is 284 g/mol. The van der Waals surface area contributed by atoms with E-state index < -0.39 is 5.91 Å². The van der Waals surface area contributed by atoms with Gasteiger partial charge in [0.1, 0.15) is 5.75 Å². The Morgan fingerprint density at radius 2 is 2.00 bits per heavy atom. The lowest BCUT2D eigenvalue weighted by Crippen LogP contribution is -2.22. The third-order valence-electron chi connectivity index (χ3n) is 3.28. The number of nitrogens with zero attached hydrogens (tertiary/aromatic N) is 2. The van der Waals surface area contributed by atoms with E-state index in [1.165, 1.54) is 0 Å². The van der Waals surface area contributed by atoms with Gasteiger partial charge in [0.2, 0.25) is 0 Å². The molecule has 7 heteroatoms. The molecule has 116 valence electrons. The highest BCUT2D eigenvalue weighted by Gasteiger charge is 2.14. The van der Waals surface area contributed by atoms with Crippen LogP contribution in [0, 0.1) is 13.8 Å². The molecule has 0 unspecified atom stereocenters. The van der Waals surface area contributed by atoms with Gasteiger partial charge in [-0.15, -0.1) is 0 Å². The fourth-order valence-corrected chi connectivity index (χ4v) is 2.07. The Balaban J connectivity index is 2.03. The molecule has 0 fully saturated rings. The number of hydrogen-bond donors (Lipinski definition) is 2. The molecule has 2 aromatic rings. The number of anilines is 1. The zero-order valence-electron chi connectivity index (χ0n) is 12.7. The smallest absolute Gasteiger partial charge is 0.262 e. The maximum absolute atomic E-state index is 12.0. The van der Waals surface area contributed by atoms with Crippen molar-refractivity contribution in [3.63, 3.8) is 0 Å². The molecule has 0 bridgehead atoms. The van der Waals surface area contributed by atoms with Crippen LogP contribution >= 0.6 is 0 Å². The molecule has 1 aromatic heterocycles. The second-order valence-corrected chi connectivity index (χ2v) is 4.87. The highest BCUT2D eigenvalue weighted by molar-refractivity contribution is 5.96. The van der Waals surface area contributed by atoms with Crippen LogP contribution in [0.1, 0.15) is 21.7 Å². The van der Waals surface area contributed by atoms with Crippen LogP contribution in [-0.2, 0) is 11.8 Å². The molecule has 0 saturated heterocycles. The molecule has 0 aliphatic rings. The number of rotatable bonds is 5. The summed E-state index contributed by atoms with van der Waals surface area (Å²) in [7, 11) is 1.80. The fraction of sp³-hybridized carbons (Fsp3) is 0.267. The molecule has 0 aliphatic carbocycles. The number of aryl methyl sites for hydroxylation is 2. The lowest BCUT2D eigenvalue weighted by atomic mass is 10.2. The number of benzene rings is 1. The Hall–Kier alpha value is -2.83. The lowest BCUT2D eigenvalue weighted by molar-refractivity contribution is -0.118. The number of hydrogen-bond acceptors (Lipinski definition) is 4. The number of carbonyl (C=O) groups excluding carboxylic acids is 2. The minimum Gasteiger partial charge on any atom is -0.483 e. The van der Waals surface area contributed by atoms with Gasteiger partial charge in [0, 0.05) is 7.05 Å². The highest BCUT2D eigenvalue weighted by Crippen LogP contribution is 2.19. The van der Waals surface area contributed by atoms with Crippen LogP contribution in [0.5, 0.6) is 5.75 Å². The molecule has 1 aromatic carbocycles. The van der Waals surface area contributed by atoms with E-state index in [4.69, 9.17) is 10.5 Å². The van der Waals surface area contributed by atoms with E-state index in [-0.39, 0.29) is 23.8 Å². The zero-order valence-corrected chi connectivity index (χ0v) is 12.7. The first kappa shape index (κ1) is 15.6. The summed E-state index contributed by atoms with van der Waals surface area (Å²) in [6.45, 7) is 3.45. The molecule has 3 N–H and O–H groups in total. The van der Waals surface area contributed by atoms with Crippen molar-refractivity contribution in [2.45, 2.75) is 13.8 Å².